The second-order valence-corrected chi connectivity index (χ2v) is 9.43. The van der Waals surface area contributed by atoms with Gasteiger partial charge in [-0.05, 0) is 47.9 Å². The minimum atomic E-state index is -0.321. The molecule has 10 heteroatoms. The van der Waals surface area contributed by atoms with Gasteiger partial charge in [0.1, 0.15) is 11.5 Å². The van der Waals surface area contributed by atoms with Crippen LogP contribution in [0.25, 0.3) is 44.4 Å². The van der Waals surface area contributed by atoms with Gasteiger partial charge in [-0.1, -0.05) is 42.5 Å². The van der Waals surface area contributed by atoms with E-state index in [2.05, 4.69) is 20.4 Å². The largest absolute Gasteiger partial charge is 0.479 e. The summed E-state index contributed by atoms with van der Waals surface area (Å²) in [7, 11) is 4.96. The highest BCUT2D eigenvalue weighted by Gasteiger charge is 2.19. The molecule has 0 aliphatic rings. The molecule has 40 heavy (non-hydrogen) atoms. The molecule has 6 rings (SSSR count). The summed E-state index contributed by atoms with van der Waals surface area (Å²) in [5, 5.41) is 8.22. The highest BCUT2D eigenvalue weighted by Crippen LogP contribution is 2.31. The Morgan fingerprint density at radius 1 is 0.975 bits per heavy atom. The first kappa shape index (κ1) is 24.9. The number of hydrogen-bond acceptors (Lipinski definition) is 6. The quantitative estimate of drug-likeness (QED) is 0.305. The first-order chi connectivity index (χ1) is 19.3. The van der Waals surface area contributed by atoms with Gasteiger partial charge in [0.2, 0.25) is 5.88 Å². The first-order valence-corrected chi connectivity index (χ1v) is 12.6. The summed E-state index contributed by atoms with van der Waals surface area (Å²) in [6.45, 7) is 1.78. The average Bonchev–Trinajstić information content (AvgIpc) is 3.64. The molecule has 3 aromatic heterocycles. The van der Waals surface area contributed by atoms with E-state index in [1.165, 1.54) is 4.74 Å². The molecule has 0 saturated carbocycles. The summed E-state index contributed by atoms with van der Waals surface area (Å²) in [4.78, 5) is 33.1. The van der Waals surface area contributed by atoms with Crippen molar-refractivity contribution in [2.24, 2.45) is 14.1 Å². The summed E-state index contributed by atoms with van der Waals surface area (Å²) < 4.78 is 13.7. The first-order valence-electron chi connectivity index (χ1n) is 12.6. The van der Waals surface area contributed by atoms with Crippen LogP contribution in [0.3, 0.4) is 0 Å². The van der Waals surface area contributed by atoms with E-state index in [0.717, 1.165) is 38.9 Å². The van der Waals surface area contributed by atoms with Gasteiger partial charge in [0.25, 0.3) is 11.5 Å². The zero-order valence-electron chi connectivity index (χ0n) is 22.4. The molecule has 3 aromatic carbocycles. The number of benzene rings is 3. The Labute approximate surface area is 228 Å². The number of aryl methyl sites for hydroxylation is 3. The average molecular weight is 535 g/mol. The number of aromatic amines is 1. The number of amides is 1. The molecule has 0 spiro atoms. The Hall–Kier alpha value is -5.38. The molecule has 0 fully saturated rings. The fourth-order valence-electron chi connectivity index (χ4n) is 4.96. The van der Waals surface area contributed by atoms with Gasteiger partial charge in [0.05, 0.1) is 24.5 Å². The number of fused-ring (bicyclic) bond motifs is 1. The smallest absolute Gasteiger partial charge is 0.290 e. The SMILES string of the molecule is COc1nc[nH]c1-c1cccc(NC(=O)c2nn(C)c3ccc(-c4ccc(-c5c(C)on(C)c5=O)cc4)cc23)c1. The maximum absolute atomic E-state index is 13.4. The standard InChI is InChI=1S/C30H26N6O4/c1-17-25(30(38)36(3)40-17)19-10-8-18(9-11-19)20-12-13-24-23(15-20)27(34-35(24)2)28(37)33-22-7-5-6-21(14-22)26-29(39-4)32-16-31-26/h5-16H,1-4H3,(H,31,32)(H,33,37). The van der Waals surface area contributed by atoms with E-state index in [0.29, 0.717) is 28.6 Å². The minimum absolute atomic E-state index is 0.174. The number of H-pyrrole nitrogens is 1. The van der Waals surface area contributed by atoms with E-state index < -0.39 is 0 Å². The van der Waals surface area contributed by atoms with Crippen molar-refractivity contribution in [1.82, 2.24) is 24.5 Å². The Kier molecular flexibility index (Phi) is 6.07. The predicted molar refractivity (Wildman–Crippen MR) is 152 cm³/mol. The van der Waals surface area contributed by atoms with Crippen LogP contribution in [-0.2, 0) is 14.1 Å². The van der Waals surface area contributed by atoms with Crippen LogP contribution < -0.4 is 15.6 Å². The van der Waals surface area contributed by atoms with Crippen molar-refractivity contribution in [3.8, 4) is 39.4 Å². The maximum atomic E-state index is 13.4. The molecule has 0 aliphatic carbocycles. The van der Waals surface area contributed by atoms with Crippen molar-refractivity contribution in [3.63, 3.8) is 0 Å². The molecular weight excluding hydrogens is 508 g/mol. The van der Waals surface area contributed by atoms with Crippen LogP contribution in [0.5, 0.6) is 5.88 Å². The van der Waals surface area contributed by atoms with Crippen molar-refractivity contribution >= 4 is 22.5 Å². The monoisotopic (exact) mass is 534 g/mol. The molecule has 0 unspecified atom stereocenters. The highest BCUT2D eigenvalue weighted by atomic mass is 16.5. The van der Waals surface area contributed by atoms with Gasteiger partial charge in [0, 0.05) is 30.7 Å². The van der Waals surface area contributed by atoms with Gasteiger partial charge in [-0.25, -0.2) is 4.98 Å². The molecule has 10 nitrogen and oxygen atoms in total. The zero-order valence-corrected chi connectivity index (χ0v) is 22.4. The van der Waals surface area contributed by atoms with Crippen LogP contribution in [0, 0.1) is 6.92 Å². The van der Waals surface area contributed by atoms with Gasteiger partial charge in [-0.2, -0.15) is 9.84 Å². The van der Waals surface area contributed by atoms with Crippen LogP contribution in [0.1, 0.15) is 16.2 Å². The third-order valence-electron chi connectivity index (χ3n) is 6.91. The number of methoxy groups -OCH3 is 1. The molecule has 0 bridgehead atoms. The molecule has 1 amide bonds. The van der Waals surface area contributed by atoms with E-state index in [1.54, 1.807) is 32.1 Å². The lowest BCUT2D eigenvalue weighted by atomic mass is 9.99. The predicted octanol–water partition coefficient (Wildman–Crippen LogP) is 5.16. The topological polar surface area (TPSA) is 120 Å². The van der Waals surface area contributed by atoms with Gasteiger partial charge in [0.15, 0.2) is 5.69 Å². The van der Waals surface area contributed by atoms with E-state index >= 15 is 0 Å². The van der Waals surface area contributed by atoms with E-state index in [-0.39, 0.29) is 11.5 Å². The Morgan fingerprint density at radius 3 is 2.45 bits per heavy atom. The van der Waals surface area contributed by atoms with E-state index in [1.807, 2.05) is 73.8 Å². The van der Waals surface area contributed by atoms with Crippen molar-refractivity contribution < 1.29 is 14.1 Å². The van der Waals surface area contributed by atoms with Crippen molar-refractivity contribution in [3.05, 3.63) is 94.9 Å². The second-order valence-electron chi connectivity index (χ2n) is 9.43. The second kappa shape index (κ2) is 9.73. The number of anilines is 1. The number of rotatable bonds is 6. The van der Waals surface area contributed by atoms with Crippen LogP contribution in [0.2, 0.25) is 0 Å². The lowest BCUT2D eigenvalue weighted by molar-refractivity contribution is 0.102. The molecule has 3 heterocycles. The van der Waals surface area contributed by atoms with Gasteiger partial charge in [-0.15, -0.1) is 0 Å². The van der Waals surface area contributed by atoms with E-state index in [9.17, 15) is 9.59 Å². The molecule has 2 N–H and O–H groups in total. The molecule has 0 radical (unpaired) electrons. The fourth-order valence-corrected chi connectivity index (χ4v) is 4.96. The number of imidazole rings is 1. The molecule has 0 atom stereocenters. The third kappa shape index (κ3) is 4.25. The number of carbonyl (C=O) groups is 1. The van der Waals surface area contributed by atoms with Crippen LogP contribution in [-0.4, -0.2) is 37.5 Å². The molecule has 0 aliphatic heterocycles. The Balaban J connectivity index is 1.31. The summed E-state index contributed by atoms with van der Waals surface area (Å²) in [5.41, 5.74) is 6.34. The fraction of sp³-hybridized carbons (Fsp3) is 0.133. The summed E-state index contributed by atoms with van der Waals surface area (Å²) in [5.74, 6) is 0.724. The zero-order chi connectivity index (χ0) is 28.0. The van der Waals surface area contributed by atoms with Crippen molar-refractivity contribution in [2.75, 3.05) is 12.4 Å². The number of carbonyl (C=O) groups excluding carboxylic acids is 1. The number of hydrogen-bond donors (Lipinski definition) is 2. The highest BCUT2D eigenvalue weighted by molar-refractivity contribution is 6.12. The number of nitrogens with one attached hydrogen (secondary N) is 2. The lowest BCUT2D eigenvalue weighted by Crippen LogP contribution is -2.13. The maximum Gasteiger partial charge on any atom is 0.290 e. The third-order valence-corrected chi connectivity index (χ3v) is 6.91. The summed E-state index contributed by atoms with van der Waals surface area (Å²) in [6.07, 6.45) is 1.56. The van der Waals surface area contributed by atoms with E-state index in [4.69, 9.17) is 9.26 Å². The van der Waals surface area contributed by atoms with Gasteiger partial charge >= 0.3 is 0 Å². The van der Waals surface area contributed by atoms with Gasteiger partial charge in [-0.3, -0.25) is 14.3 Å². The molecule has 0 saturated heterocycles. The summed E-state index contributed by atoms with van der Waals surface area (Å²) in [6, 6.07) is 21.0. The molecule has 6 aromatic rings. The minimum Gasteiger partial charge on any atom is -0.479 e. The lowest BCUT2D eigenvalue weighted by Gasteiger charge is -2.07. The van der Waals surface area contributed by atoms with Crippen LogP contribution in [0.4, 0.5) is 5.69 Å². The Bertz CT molecular complexity index is 1940. The van der Waals surface area contributed by atoms with Crippen LogP contribution in [0.15, 0.2) is 82.4 Å². The number of nitrogens with zero attached hydrogens (tertiary/aromatic N) is 4. The normalized spacial score (nSPS) is 11.2. The van der Waals surface area contributed by atoms with Gasteiger partial charge < -0.3 is 19.6 Å². The molecule has 200 valence electrons. The summed E-state index contributed by atoms with van der Waals surface area (Å²) >= 11 is 0. The van der Waals surface area contributed by atoms with Crippen molar-refractivity contribution in [1.29, 1.82) is 0 Å². The van der Waals surface area contributed by atoms with Crippen LogP contribution >= 0.6 is 0 Å². The number of aromatic nitrogens is 5. The van der Waals surface area contributed by atoms with Crippen molar-refractivity contribution in [2.45, 2.75) is 6.92 Å². The molecular formula is C30H26N6O4. The number of ether oxygens (including phenoxy) is 1. The Morgan fingerprint density at radius 2 is 1.73 bits per heavy atom.